The van der Waals surface area contributed by atoms with Gasteiger partial charge in [0.05, 0.1) is 18.5 Å². The van der Waals surface area contributed by atoms with Gasteiger partial charge in [0, 0.05) is 11.1 Å². The molecule has 11 heteroatoms. The number of hydrogen-bond donors (Lipinski definition) is 3. The summed E-state index contributed by atoms with van der Waals surface area (Å²) in [7, 11) is 1.64. The van der Waals surface area contributed by atoms with Crippen LogP contribution in [0, 0.1) is 6.92 Å². The number of carbonyl (C=O) groups excluding carboxylic acids is 2. The van der Waals surface area contributed by atoms with Crippen molar-refractivity contribution >= 4 is 43.4 Å². The number of benzene rings is 3. The molecule has 0 bridgehead atoms. The Morgan fingerprint density at radius 3 is 2.48 bits per heavy atom. The Morgan fingerprint density at radius 1 is 1.02 bits per heavy atom. The fourth-order valence-corrected chi connectivity index (χ4v) is 8.54. The Morgan fingerprint density at radius 2 is 1.79 bits per heavy atom. The minimum atomic E-state index is -1.57. The molecule has 0 radical (unpaired) electrons. The molecule has 3 aromatic carbocycles. The van der Waals surface area contributed by atoms with Crippen molar-refractivity contribution in [3.63, 3.8) is 0 Å². The van der Waals surface area contributed by atoms with Gasteiger partial charge in [0.25, 0.3) is 0 Å². The van der Waals surface area contributed by atoms with Crippen LogP contribution in [0.25, 0.3) is 5.69 Å². The molecule has 2 amide bonds. The molecule has 0 saturated heterocycles. The van der Waals surface area contributed by atoms with E-state index in [-0.39, 0.29) is 24.1 Å². The summed E-state index contributed by atoms with van der Waals surface area (Å²) in [6.45, 7) is 4.32. The summed E-state index contributed by atoms with van der Waals surface area (Å²) in [6, 6.07) is 21.3. The van der Waals surface area contributed by atoms with Crippen LogP contribution >= 0.6 is 0 Å². The first-order valence-corrected chi connectivity index (χ1v) is 24.9. The normalized spacial score (nSPS) is 11.5. The van der Waals surface area contributed by atoms with Gasteiger partial charge in [0.2, 0.25) is 0 Å². The van der Waals surface area contributed by atoms with E-state index in [9.17, 15) is 14.7 Å². The van der Waals surface area contributed by atoms with Crippen LogP contribution in [0.4, 0.5) is 0 Å². The monoisotopic (exact) mass is 760 g/mol. The number of aliphatic imine (C=N–C) groups is 1. The Labute approximate surface area is 254 Å². The maximum Gasteiger partial charge on any atom is 0.159 e. The number of aryl methyl sites for hydroxylation is 1. The number of rotatable bonds is 7. The summed E-state index contributed by atoms with van der Waals surface area (Å²) in [5, 5.41) is 23.2. The maximum atomic E-state index is 11.4. The molecular formula is C31H35N6O4Tl. The fraction of sp³-hybridized carbons (Fsp3) is 0.258. The first-order chi connectivity index (χ1) is 20.2. The average molecular weight is 760 g/mol. The molecule has 4 aromatic rings. The van der Waals surface area contributed by atoms with Crippen molar-refractivity contribution < 1.29 is 19.4 Å². The van der Waals surface area contributed by atoms with Crippen LogP contribution in [0.5, 0.6) is 11.5 Å². The van der Waals surface area contributed by atoms with Crippen molar-refractivity contribution in [2.45, 2.75) is 35.9 Å². The molecule has 1 aliphatic rings. The molecule has 10 nitrogen and oxygen atoms in total. The van der Waals surface area contributed by atoms with Crippen LogP contribution in [0.15, 0.2) is 71.7 Å². The van der Waals surface area contributed by atoms with Gasteiger partial charge in [-0.25, -0.2) is 0 Å². The largest absolute Gasteiger partial charge is 0.508 e. The molecular weight excluding hydrogens is 725 g/mol. The molecule has 0 spiro atoms. The Hall–Kier alpha value is -4.07. The van der Waals surface area contributed by atoms with Gasteiger partial charge < -0.3 is 9.84 Å². The number of methoxy groups -OCH3 is 1. The van der Waals surface area contributed by atoms with Crippen LogP contribution in [0.2, 0.25) is 8.97 Å². The van der Waals surface area contributed by atoms with E-state index in [0.717, 1.165) is 45.5 Å². The number of aromatic nitrogens is 3. The van der Waals surface area contributed by atoms with Crippen molar-refractivity contribution in [2.75, 3.05) is 13.7 Å². The smallest absolute Gasteiger partial charge is 0.159 e. The van der Waals surface area contributed by atoms with Crippen LogP contribution < -0.4 is 18.5 Å². The first kappa shape index (κ1) is 30.9. The minimum Gasteiger partial charge on any atom is -0.508 e. The third kappa shape index (κ3) is 7.81. The van der Waals surface area contributed by atoms with E-state index in [1.54, 1.807) is 19.2 Å². The molecule has 0 unspecified atom stereocenters. The van der Waals surface area contributed by atoms with Crippen LogP contribution in [-0.2, 0) is 22.7 Å². The third-order valence-electron chi connectivity index (χ3n) is 6.72. The zero-order valence-corrected chi connectivity index (χ0v) is 29.0. The summed E-state index contributed by atoms with van der Waals surface area (Å²) >= 11 is -1.57. The number of phenols is 1. The summed E-state index contributed by atoms with van der Waals surface area (Å²) in [6.07, 6.45) is 0. The van der Waals surface area contributed by atoms with E-state index in [0.29, 0.717) is 13.1 Å². The molecule has 0 fully saturated rings. The van der Waals surface area contributed by atoms with E-state index in [2.05, 4.69) is 41.9 Å². The molecule has 216 valence electrons. The fourth-order valence-electron chi connectivity index (χ4n) is 4.48. The van der Waals surface area contributed by atoms with Crippen molar-refractivity contribution in [3.8, 4) is 17.2 Å². The first-order valence-electron chi connectivity index (χ1n) is 13.7. The molecule has 5 rings (SSSR count). The Kier molecular flexibility index (Phi) is 10.4. The number of nitrogens with one attached hydrogen (secondary N) is 2. The summed E-state index contributed by atoms with van der Waals surface area (Å²) in [5.74, 6) is 2.25. The van der Waals surface area contributed by atoms with Crippen LogP contribution in [-0.4, -0.2) is 73.8 Å². The predicted molar refractivity (Wildman–Crippen MR) is 164 cm³/mol. The predicted octanol–water partition coefficient (Wildman–Crippen LogP) is 3.04. The Balaban J connectivity index is 0.000000202. The van der Waals surface area contributed by atoms with Gasteiger partial charge in [-0.1, -0.05) is 0 Å². The van der Waals surface area contributed by atoms with Crippen molar-refractivity contribution in [2.24, 2.45) is 4.99 Å². The number of amides is 2. The van der Waals surface area contributed by atoms with Gasteiger partial charge in [-0.3, -0.25) is 9.56 Å². The van der Waals surface area contributed by atoms with Gasteiger partial charge in [-0.15, -0.1) is 10.2 Å². The summed E-state index contributed by atoms with van der Waals surface area (Å²) < 4.78 is 13.6. The van der Waals surface area contributed by atoms with Crippen molar-refractivity contribution in [1.82, 2.24) is 25.4 Å². The number of phenolic OH excluding ortho intramolecular Hbond substituents is 1. The third-order valence-corrected chi connectivity index (χ3v) is 13.3. The minimum absolute atomic E-state index is 0.0409. The molecule has 42 heavy (non-hydrogen) atoms. The Bertz CT molecular complexity index is 1600. The number of hydrogen-bond acceptors (Lipinski definition) is 7. The SMILES string of the molecule is CC(=O)NCC(=O)NCc1ccc[c]([Tl]([CH3])[CH3])c1.COc1ccc2c(c1)C(c1ccc(O)cc1)=NCc1nnc(C)n1-2. The topological polar surface area (TPSA) is 131 Å². The van der Waals surface area contributed by atoms with E-state index in [1.165, 1.54) is 10.0 Å². The molecule has 0 saturated carbocycles. The molecule has 1 aliphatic heterocycles. The second-order valence-electron chi connectivity index (χ2n) is 10.2. The van der Waals surface area contributed by atoms with Gasteiger partial charge in [-0.05, 0) is 49.4 Å². The number of fused-ring (bicyclic) bond motifs is 3. The molecule has 0 atom stereocenters. The summed E-state index contributed by atoms with van der Waals surface area (Å²) in [4.78, 5) is 26.8. The van der Waals surface area contributed by atoms with Gasteiger partial charge >= 0.3 is 117 Å². The van der Waals surface area contributed by atoms with Crippen LogP contribution in [0.3, 0.4) is 0 Å². The van der Waals surface area contributed by atoms with E-state index >= 15 is 0 Å². The second-order valence-corrected chi connectivity index (χ2v) is 21.7. The number of carbonyl (C=O) groups is 2. The zero-order valence-electron chi connectivity index (χ0n) is 24.5. The summed E-state index contributed by atoms with van der Waals surface area (Å²) in [5.41, 5.74) is 4.81. The van der Waals surface area contributed by atoms with Crippen LogP contribution in [0.1, 0.15) is 35.3 Å². The molecule has 1 aromatic heterocycles. The van der Waals surface area contributed by atoms with Crippen molar-refractivity contribution in [1.29, 1.82) is 0 Å². The number of aromatic hydroxyl groups is 1. The maximum absolute atomic E-state index is 11.4. The van der Waals surface area contributed by atoms with E-state index in [4.69, 9.17) is 9.73 Å². The molecule has 2 heterocycles. The van der Waals surface area contributed by atoms with Gasteiger partial charge in [0.15, 0.2) is 5.82 Å². The number of nitrogens with zero attached hydrogens (tertiary/aromatic N) is 4. The molecule has 3 N–H and O–H groups in total. The van der Waals surface area contributed by atoms with E-state index < -0.39 is 22.7 Å². The zero-order chi connectivity index (χ0) is 30.2. The second kappa shape index (κ2) is 14.2. The van der Waals surface area contributed by atoms with E-state index in [1.807, 2.05) is 54.0 Å². The quantitative estimate of drug-likeness (QED) is 0.249. The molecule has 0 aliphatic carbocycles. The van der Waals surface area contributed by atoms with Crippen molar-refractivity contribution in [3.05, 3.63) is 95.1 Å². The number of ether oxygens (including phenoxy) is 1. The standard InChI is InChI=1S/C18H16N4O2.C11H13N2O2.2CH3.Tl/c1-11-20-21-17-10-19-18(12-3-5-13(23)6-4-12)15-9-14(24-2)7-8-16(15)22(11)17;1-9(14)12-8-11(15)13-7-10-5-3-2-4-6-10;;;/h3-9,23H,10H2,1-2H3;2-3,5-6H,7-8H2,1H3,(H,12,14)(H,13,15);2*1H3;. The van der Waals surface area contributed by atoms with Gasteiger partial charge in [-0.2, -0.15) is 0 Å². The average Bonchev–Trinajstić information content (AvgIpc) is 3.27. The van der Waals surface area contributed by atoms with Gasteiger partial charge in [0.1, 0.15) is 23.9 Å².